The first-order valence-electron chi connectivity index (χ1n) is 22.0. The Labute approximate surface area is 470 Å². The molecule has 0 unspecified atom stereocenters. The summed E-state index contributed by atoms with van der Waals surface area (Å²) in [4.78, 5) is 16.2. The molecule has 75 heavy (non-hydrogen) atoms. The number of carbonyl (C=O) groups is 1. The predicted octanol–water partition coefficient (Wildman–Crippen LogP) is 11.5. The molecule has 0 aromatic heterocycles. The monoisotopic (exact) mass is 1120 g/mol. The van der Waals surface area contributed by atoms with Crippen molar-refractivity contribution in [3.05, 3.63) is 166 Å². The van der Waals surface area contributed by atoms with E-state index in [1.54, 1.807) is 104 Å². The summed E-state index contributed by atoms with van der Waals surface area (Å²) in [5, 5.41) is 58.3. The van der Waals surface area contributed by atoms with Crippen molar-refractivity contribution in [1.29, 1.82) is 0 Å². The second kappa shape index (κ2) is 24.7. The van der Waals surface area contributed by atoms with E-state index in [0.29, 0.717) is 62.7 Å². The van der Waals surface area contributed by atoms with E-state index in [2.05, 4.69) is 30.8 Å². The second-order valence-corrected chi connectivity index (χ2v) is 19.3. The molecule has 0 fully saturated rings. The number of nitrogens with zero attached hydrogens (tertiary/aromatic N) is 5. The number of methoxy groups -OCH3 is 2. The Morgan fingerprint density at radius 2 is 1.05 bits per heavy atom. The van der Waals surface area contributed by atoms with Crippen LogP contribution in [0.1, 0.15) is 40.9 Å². The molecule has 8 aromatic carbocycles. The number of aliphatic imine (C=N–C) groups is 1. The SMILES string of the molecule is CCc1ccc(S(=O)(=O)O)c(Cl)c1N=Nc1c(O)c(C(=O)Nc2ccccc2OC)cc2ccccc12.CCc1ccc(S(=O)(=O)O)c(Cl)c1N=Nc1c([O-])c(C([O-])=Nc2ccccc2OC)cc2ccccc12.[Ca+2]. The number of amides is 1. The average Bonchev–Trinajstić information content (AvgIpc) is 3.38. The maximum Gasteiger partial charge on any atom is 2.00 e. The van der Waals surface area contributed by atoms with Crippen molar-refractivity contribution in [2.45, 2.75) is 36.5 Å². The number of fused-ring (bicyclic) bond motifs is 2. The van der Waals surface area contributed by atoms with Gasteiger partial charge in [0.05, 0.1) is 41.2 Å². The summed E-state index contributed by atoms with van der Waals surface area (Å²) in [7, 11) is -6.31. The van der Waals surface area contributed by atoms with Gasteiger partial charge in [0.15, 0.2) is 5.75 Å². The molecule has 0 bridgehead atoms. The van der Waals surface area contributed by atoms with Crippen molar-refractivity contribution in [2.24, 2.45) is 25.4 Å². The molecule has 4 N–H and O–H groups in total. The van der Waals surface area contributed by atoms with E-state index in [1.165, 1.54) is 50.6 Å². The Hall–Kier alpha value is -6.72. The molecule has 23 heteroatoms. The standard InChI is InChI=1S/2C26H22ClN3O6S.Ca/c2*1-3-15-12-13-21(37(33,34)35)22(27)23(15)29-30-24-17-9-5-4-8-16(17)14-18(25(24)31)26(32)28-19-10-6-7-11-20(19)36-2;/h2*4-14,31H,3H2,1-2H3,(H,28,32)(H,33,34,35);/q;;+2/p-2. The number of halogens is 2. The van der Waals surface area contributed by atoms with Gasteiger partial charge in [-0.25, -0.2) is 0 Å². The van der Waals surface area contributed by atoms with Crippen LogP contribution in [-0.2, 0) is 33.1 Å². The first-order chi connectivity index (χ1) is 35.3. The summed E-state index contributed by atoms with van der Waals surface area (Å²) in [5.41, 5.74) is 1.32. The van der Waals surface area contributed by atoms with E-state index in [0.717, 1.165) is 0 Å². The molecular formula is C52H42CaCl2N6O12S2. The molecule has 0 atom stereocenters. The molecule has 8 rings (SSSR count). The van der Waals surface area contributed by atoms with Crippen LogP contribution in [0.4, 0.5) is 34.1 Å². The van der Waals surface area contributed by atoms with E-state index < -0.39 is 53.3 Å². The van der Waals surface area contributed by atoms with Gasteiger partial charge in [-0.3, -0.25) is 18.9 Å². The normalized spacial score (nSPS) is 11.9. The smallest absolute Gasteiger partial charge is 0.871 e. The van der Waals surface area contributed by atoms with Gasteiger partial charge < -0.3 is 30.1 Å². The molecule has 8 aromatic rings. The summed E-state index contributed by atoms with van der Waals surface area (Å²) in [6, 6.07) is 35.4. The molecular weight excluding hydrogens is 1080 g/mol. The van der Waals surface area contributed by atoms with Crippen molar-refractivity contribution < 1.29 is 55.5 Å². The molecule has 0 aliphatic rings. The number of para-hydroxylation sites is 4. The quantitative estimate of drug-likeness (QED) is 0.0260. The first-order valence-corrected chi connectivity index (χ1v) is 25.7. The van der Waals surface area contributed by atoms with Gasteiger partial charge in [-0.1, -0.05) is 128 Å². The van der Waals surface area contributed by atoms with Gasteiger partial charge >= 0.3 is 37.7 Å². The van der Waals surface area contributed by atoms with Crippen LogP contribution in [0.2, 0.25) is 10.0 Å². The number of phenols is 1. The minimum atomic E-state index is -4.62. The predicted molar refractivity (Wildman–Crippen MR) is 285 cm³/mol. The fourth-order valence-electron chi connectivity index (χ4n) is 7.55. The fraction of sp³-hybridized carbons (Fsp3) is 0.115. The van der Waals surface area contributed by atoms with E-state index in [4.69, 9.17) is 32.7 Å². The van der Waals surface area contributed by atoms with Gasteiger partial charge in [0.25, 0.3) is 26.1 Å². The minimum Gasteiger partial charge on any atom is -0.871 e. The van der Waals surface area contributed by atoms with E-state index in [-0.39, 0.29) is 87.3 Å². The number of rotatable bonds is 14. The summed E-state index contributed by atoms with van der Waals surface area (Å²) in [5.74, 6) is -1.75. The Bertz CT molecular complexity index is 3830. The number of azo groups is 2. The number of hydrogen-bond acceptors (Lipinski definition) is 15. The number of hydrogen-bond donors (Lipinski definition) is 4. The van der Waals surface area contributed by atoms with Gasteiger partial charge in [-0.05, 0) is 94.7 Å². The molecule has 0 saturated heterocycles. The number of ether oxygens (including phenoxy) is 2. The number of aryl methyl sites for hydroxylation is 2. The third-order valence-corrected chi connectivity index (χ3v) is 14.0. The van der Waals surface area contributed by atoms with Gasteiger partial charge in [0.2, 0.25) is 0 Å². The first kappa shape index (κ1) is 57.6. The molecule has 0 heterocycles. The van der Waals surface area contributed by atoms with Crippen LogP contribution < -0.4 is 25.0 Å². The number of phenolic OH excluding ortho intramolecular Hbond substituents is 1. The minimum absolute atomic E-state index is 0. The average molecular weight is 1120 g/mol. The second-order valence-electron chi connectivity index (χ2n) is 15.7. The molecule has 380 valence electrons. The zero-order valence-electron chi connectivity index (χ0n) is 40.1. The van der Waals surface area contributed by atoms with Crippen LogP contribution in [0.3, 0.4) is 0 Å². The van der Waals surface area contributed by atoms with E-state index in [9.17, 15) is 46.1 Å². The maximum absolute atomic E-state index is 13.4. The number of carbonyl (C=O) groups excluding carboxylic acids is 1. The number of nitrogens with one attached hydrogen (secondary N) is 1. The molecule has 0 saturated carbocycles. The van der Waals surface area contributed by atoms with Crippen molar-refractivity contribution in [1.82, 2.24) is 0 Å². The van der Waals surface area contributed by atoms with Crippen molar-refractivity contribution in [2.75, 3.05) is 19.5 Å². The zero-order chi connectivity index (χ0) is 53.5. The molecule has 18 nitrogen and oxygen atoms in total. The third kappa shape index (κ3) is 12.9. The summed E-state index contributed by atoms with van der Waals surface area (Å²) < 4.78 is 76.4. The Morgan fingerprint density at radius 3 is 1.57 bits per heavy atom. The molecule has 0 aliphatic carbocycles. The van der Waals surface area contributed by atoms with Gasteiger partial charge in [0.1, 0.15) is 44.0 Å². The van der Waals surface area contributed by atoms with Gasteiger partial charge in [0, 0.05) is 10.8 Å². The van der Waals surface area contributed by atoms with Crippen LogP contribution in [0, 0.1) is 0 Å². The topological polar surface area (TPSA) is 284 Å². The summed E-state index contributed by atoms with van der Waals surface area (Å²) >= 11 is 12.5. The van der Waals surface area contributed by atoms with Crippen LogP contribution >= 0.6 is 23.2 Å². The van der Waals surface area contributed by atoms with Crippen molar-refractivity contribution in [3.63, 3.8) is 0 Å². The van der Waals surface area contributed by atoms with Crippen LogP contribution in [0.5, 0.6) is 23.0 Å². The molecule has 0 aliphatic heterocycles. The summed E-state index contributed by atoms with van der Waals surface area (Å²) in [6.45, 7) is 3.61. The maximum atomic E-state index is 13.4. The van der Waals surface area contributed by atoms with E-state index in [1.807, 2.05) is 6.92 Å². The van der Waals surface area contributed by atoms with E-state index >= 15 is 0 Å². The Balaban J connectivity index is 0.000000241. The summed E-state index contributed by atoms with van der Waals surface area (Å²) in [6.07, 6.45) is 0.856. The molecule has 0 radical (unpaired) electrons. The Kier molecular flexibility index (Phi) is 19.0. The molecule has 1 amide bonds. The van der Waals surface area contributed by atoms with Gasteiger partial charge in [-0.15, -0.1) is 15.3 Å². The van der Waals surface area contributed by atoms with Crippen LogP contribution in [0.25, 0.3) is 21.5 Å². The number of benzene rings is 8. The van der Waals surface area contributed by atoms with Crippen LogP contribution in [-0.4, -0.2) is 94.8 Å². The fourth-order valence-corrected chi connectivity index (χ4v) is 9.70. The van der Waals surface area contributed by atoms with Crippen molar-refractivity contribution in [3.8, 4) is 23.0 Å². The Morgan fingerprint density at radius 1 is 0.613 bits per heavy atom. The molecule has 0 spiro atoms. The number of aromatic hydroxyl groups is 1. The third-order valence-electron chi connectivity index (χ3n) is 11.3. The number of anilines is 1. The van der Waals surface area contributed by atoms with Crippen molar-refractivity contribution >= 4 is 149 Å². The zero-order valence-corrected chi connectivity index (χ0v) is 45.5. The van der Waals surface area contributed by atoms with Crippen LogP contribution in [0.15, 0.2) is 169 Å². The largest absolute Gasteiger partial charge is 2.00 e. The van der Waals surface area contributed by atoms with Gasteiger partial charge in [-0.2, -0.15) is 21.9 Å².